The van der Waals surface area contributed by atoms with Crippen LogP contribution in [0.5, 0.6) is 0 Å². The summed E-state index contributed by atoms with van der Waals surface area (Å²) in [7, 11) is 1.96. The lowest BCUT2D eigenvalue weighted by atomic mass is 10.0. The molecule has 2 rings (SSSR count). The van der Waals surface area contributed by atoms with Gasteiger partial charge in [-0.05, 0) is 58.5 Å². The van der Waals surface area contributed by atoms with Crippen molar-refractivity contribution in [2.75, 3.05) is 20.1 Å². The maximum absolute atomic E-state index is 13.8. The molecule has 106 valence electrons. The molecule has 4 heteroatoms. The van der Waals surface area contributed by atoms with Gasteiger partial charge < -0.3 is 5.32 Å². The van der Waals surface area contributed by atoms with Gasteiger partial charge in [0.1, 0.15) is 11.6 Å². The highest BCUT2D eigenvalue weighted by atomic mass is 19.1. The van der Waals surface area contributed by atoms with Gasteiger partial charge >= 0.3 is 0 Å². The Morgan fingerprint density at radius 2 is 1.89 bits per heavy atom. The Hall–Kier alpha value is -1.00. The first-order valence-electron chi connectivity index (χ1n) is 6.98. The second-order valence-corrected chi connectivity index (χ2v) is 5.31. The number of nitrogens with zero attached hydrogens (tertiary/aromatic N) is 1. The van der Waals surface area contributed by atoms with Crippen LogP contribution in [0.25, 0.3) is 0 Å². The van der Waals surface area contributed by atoms with Crippen LogP contribution in [-0.4, -0.2) is 31.1 Å². The van der Waals surface area contributed by atoms with Crippen molar-refractivity contribution in [2.24, 2.45) is 0 Å². The van der Waals surface area contributed by atoms with E-state index in [1.165, 1.54) is 18.2 Å². The van der Waals surface area contributed by atoms with Crippen molar-refractivity contribution < 1.29 is 8.78 Å². The van der Waals surface area contributed by atoms with Crippen molar-refractivity contribution in [3.05, 3.63) is 35.4 Å². The van der Waals surface area contributed by atoms with E-state index in [1.807, 2.05) is 14.0 Å². The minimum atomic E-state index is -0.453. The zero-order chi connectivity index (χ0) is 13.8. The first-order chi connectivity index (χ1) is 9.11. The average molecular weight is 268 g/mol. The molecule has 1 heterocycles. The smallest absolute Gasteiger partial charge is 0.130 e. The molecule has 2 unspecified atom stereocenters. The fourth-order valence-corrected chi connectivity index (χ4v) is 2.84. The molecule has 2 nitrogen and oxygen atoms in total. The van der Waals surface area contributed by atoms with E-state index in [9.17, 15) is 8.78 Å². The molecule has 1 aromatic carbocycles. The first kappa shape index (κ1) is 14.4. The van der Waals surface area contributed by atoms with E-state index in [-0.39, 0.29) is 11.6 Å². The molecule has 1 aromatic rings. The van der Waals surface area contributed by atoms with Crippen molar-refractivity contribution in [3.63, 3.8) is 0 Å². The van der Waals surface area contributed by atoms with Crippen LogP contribution in [0.15, 0.2) is 18.2 Å². The average Bonchev–Trinajstić information content (AvgIpc) is 2.66. The first-order valence-corrected chi connectivity index (χ1v) is 6.98. The third kappa shape index (κ3) is 3.31. The minimum Gasteiger partial charge on any atom is -0.317 e. The monoisotopic (exact) mass is 268 g/mol. The number of nitrogens with one attached hydrogen (secondary N) is 1. The molecule has 0 radical (unpaired) electrons. The number of benzene rings is 1. The number of hydrogen-bond acceptors (Lipinski definition) is 2. The molecule has 1 aliphatic heterocycles. The molecular weight excluding hydrogens is 246 g/mol. The molecule has 1 fully saturated rings. The summed E-state index contributed by atoms with van der Waals surface area (Å²) in [5, 5.41) is 3.36. The van der Waals surface area contributed by atoms with Crippen molar-refractivity contribution in [3.8, 4) is 0 Å². The largest absolute Gasteiger partial charge is 0.317 e. The summed E-state index contributed by atoms with van der Waals surface area (Å²) in [6, 6.07) is 4.21. The van der Waals surface area contributed by atoms with E-state index in [4.69, 9.17) is 0 Å². The van der Waals surface area contributed by atoms with Gasteiger partial charge in [0.15, 0.2) is 0 Å². The standard InChI is InChI=1S/C15H22F2N2/c1-11(15-13(16)6-3-7-14(15)17)19(2)12-5-4-9-18-10-8-12/h3,6-7,11-12,18H,4-5,8-10H2,1-2H3. The second kappa shape index (κ2) is 6.44. The summed E-state index contributed by atoms with van der Waals surface area (Å²) in [5.74, 6) is -0.905. The fourth-order valence-electron chi connectivity index (χ4n) is 2.84. The van der Waals surface area contributed by atoms with Gasteiger partial charge in [0.05, 0.1) is 0 Å². The Bertz CT molecular complexity index is 394. The van der Waals surface area contributed by atoms with Crippen LogP contribution in [0, 0.1) is 11.6 Å². The SMILES string of the molecule is CC(c1c(F)cccc1F)N(C)C1CCCNCC1. The van der Waals surface area contributed by atoms with Crippen LogP contribution in [-0.2, 0) is 0 Å². The van der Waals surface area contributed by atoms with Gasteiger partial charge in [-0.15, -0.1) is 0 Å². The summed E-state index contributed by atoms with van der Waals surface area (Å²) >= 11 is 0. The minimum absolute atomic E-state index is 0.183. The van der Waals surface area contributed by atoms with Gasteiger partial charge in [-0.1, -0.05) is 6.07 Å². The summed E-state index contributed by atoms with van der Waals surface area (Å²) in [6.45, 7) is 3.88. The third-order valence-corrected chi connectivity index (χ3v) is 4.15. The van der Waals surface area contributed by atoms with Crippen LogP contribution in [0.4, 0.5) is 8.78 Å². The van der Waals surface area contributed by atoms with Gasteiger partial charge in [0.25, 0.3) is 0 Å². The molecular formula is C15H22F2N2. The highest BCUT2D eigenvalue weighted by Gasteiger charge is 2.25. The predicted molar refractivity (Wildman–Crippen MR) is 73.0 cm³/mol. The summed E-state index contributed by atoms with van der Waals surface area (Å²) < 4.78 is 27.7. The third-order valence-electron chi connectivity index (χ3n) is 4.15. The molecule has 1 saturated heterocycles. The van der Waals surface area contributed by atoms with Crippen LogP contribution >= 0.6 is 0 Å². The molecule has 1 N–H and O–H groups in total. The molecule has 2 atom stereocenters. The number of hydrogen-bond donors (Lipinski definition) is 1. The normalized spacial score (nSPS) is 22.3. The zero-order valence-electron chi connectivity index (χ0n) is 11.6. The molecule has 0 amide bonds. The molecule has 0 aromatic heterocycles. The van der Waals surface area contributed by atoms with Gasteiger partial charge in [0, 0.05) is 17.6 Å². The molecule has 1 aliphatic rings. The van der Waals surface area contributed by atoms with Gasteiger partial charge in [-0.25, -0.2) is 8.78 Å². The lowest BCUT2D eigenvalue weighted by Gasteiger charge is -2.33. The lowest BCUT2D eigenvalue weighted by molar-refractivity contribution is 0.165. The van der Waals surface area contributed by atoms with E-state index in [2.05, 4.69) is 10.2 Å². The van der Waals surface area contributed by atoms with Crippen molar-refractivity contribution in [1.29, 1.82) is 0 Å². The Morgan fingerprint density at radius 3 is 2.58 bits per heavy atom. The van der Waals surface area contributed by atoms with E-state index in [0.717, 1.165) is 32.4 Å². The predicted octanol–water partition coefficient (Wildman–Crippen LogP) is 3.10. The highest BCUT2D eigenvalue weighted by Crippen LogP contribution is 2.28. The van der Waals surface area contributed by atoms with E-state index < -0.39 is 11.6 Å². The zero-order valence-corrected chi connectivity index (χ0v) is 11.6. The van der Waals surface area contributed by atoms with Gasteiger partial charge in [-0.2, -0.15) is 0 Å². The summed E-state index contributed by atoms with van der Waals surface area (Å²) in [4.78, 5) is 2.11. The Balaban J connectivity index is 2.15. The van der Waals surface area contributed by atoms with Crippen LogP contribution < -0.4 is 5.32 Å². The quantitative estimate of drug-likeness (QED) is 0.906. The Labute approximate surface area is 113 Å². The summed E-state index contributed by atoms with van der Waals surface area (Å²) in [5.41, 5.74) is 0.183. The van der Waals surface area contributed by atoms with Crippen molar-refractivity contribution in [2.45, 2.75) is 38.3 Å². The fraction of sp³-hybridized carbons (Fsp3) is 0.600. The Morgan fingerprint density at radius 1 is 1.21 bits per heavy atom. The number of rotatable bonds is 3. The molecule has 19 heavy (non-hydrogen) atoms. The lowest BCUT2D eigenvalue weighted by Crippen LogP contribution is -2.35. The van der Waals surface area contributed by atoms with Gasteiger partial charge in [0.2, 0.25) is 0 Å². The molecule has 0 saturated carbocycles. The van der Waals surface area contributed by atoms with Crippen LogP contribution in [0.2, 0.25) is 0 Å². The molecule has 0 aliphatic carbocycles. The van der Waals surface area contributed by atoms with Crippen molar-refractivity contribution in [1.82, 2.24) is 10.2 Å². The maximum Gasteiger partial charge on any atom is 0.130 e. The maximum atomic E-state index is 13.8. The summed E-state index contributed by atoms with van der Waals surface area (Å²) in [6.07, 6.45) is 3.21. The number of halogens is 2. The topological polar surface area (TPSA) is 15.3 Å². The van der Waals surface area contributed by atoms with Crippen LogP contribution in [0.1, 0.15) is 37.8 Å². The van der Waals surface area contributed by atoms with E-state index in [0.29, 0.717) is 6.04 Å². The highest BCUT2D eigenvalue weighted by molar-refractivity contribution is 5.23. The second-order valence-electron chi connectivity index (χ2n) is 5.31. The molecule has 0 spiro atoms. The van der Waals surface area contributed by atoms with E-state index >= 15 is 0 Å². The van der Waals surface area contributed by atoms with Gasteiger partial charge in [-0.3, -0.25) is 4.90 Å². The Kier molecular flexibility index (Phi) is 4.88. The van der Waals surface area contributed by atoms with E-state index in [1.54, 1.807) is 0 Å². The van der Waals surface area contributed by atoms with Crippen LogP contribution in [0.3, 0.4) is 0 Å². The van der Waals surface area contributed by atoms with Crippen molar-refractivity contribution >= 4 is 0 Å². The molecule has 0 bridgehead atoms.